The number of hydrogen-bond donors (Lipinski definition) is 1. The number of para-hydroxylation sites is 1. The lowest BCUT2D eigenvalue weighted by Crippen LogP contribution is -2.12. The average molecular weight is 300 g/mol. The van der Waals surface area contributed by atoms with E-state index in [1.54, 1.807) is 0 Å². The molecule has 2 heteroatoms. The summed E-state index contributed by atoms with van der Waals surface area (Å²) in [6, 6.07) is 18.2. The summed E-state index contributed by atoms with van der Waals surface area (Å²) in [6.45, 7) is 2.05. The predicted molar refractivity (Wildman–Crippen MR) is 80.5 cm³/mol. The third kappa shape index (κ3) is 3.94. The van der Waals surface area contributed by atoms with E-state index in [1.807, 2.05) is 54.6 Å². The van der Waals surface area contributed by atoms with Gasteiger partial charge in [0.25, 0.3) is 0 Å². The predicted octanol–water partition coefficient (Wildman–Crippen LogP) is 4.30. The first-order valence-electron chi connectivity index (χ1n) is 5.83. The van der Waals surface area contributed by atoms with Gasteiger partial charge in [-0.05, 0) is 43.3 Å². The molecule has 0 saturated carbocycles. The highest BCUT2D eigenvalue weighted by molar-refractivity contribution is 9.10. The van der Waals surface area contributed by atoms with Gasteiger partial charge in [-0.3, -0.25) is 0 Å². The molecule has 2 aromatic rings. The first kappa shape index (κ1) is 12.7. The van der Waals surface area contributed by atoms with Crippen molar-refractivity contribution in [1.82, 2.24) is 0 Å². The van der Waals surface area contributed by atoms with Crippen LogP contribution < -0.4 is 5.32 Å². The van der Waals surface area contributed by atoms with Gasteiger partial charge >= 0.3 is 0 Å². The van der Waals surface area contributed by atoms with Crippen LogP contribution in [0.1, 0.15) is 12.5 Å². The molecule has 0 bridgehead atoms. The Balaban J connectivity index is 2.00. The van der Waals surface area contributed by atoms with Gasteiger partial charge in [-0.15, -0.1) is 0 Å². The minimum absolute atomic E-state index is 0.121. The second-order valence-electron chi connectivity index (χ2n) is 4.01. The van der Waals surface area contributed by atoms with Crippen LogP contribution in [-0.2, 0) is 0 Å². The van der Waals surface area contributed by atoms with E-state index in [0.717, 1.165) is 15.7 Å². The zero-order valence-electron chi connectivity index (χ0n) is 10.2. The number of benzene rings is 2. The van der Waals surface area contributed by atoms with Crippen molar-refractivity contribution in [3.8, 4) is 11.8 Å². The zero-order chi connectivity index (χ0) is 12.8. The van der Waals surface area contributed by atoms with Crippen LogP contribution >= 0.6 is 15.9 Å². The van der Waals surface area contributed by atoms with Crippen LogP contribution in [0.2, 0.25) is 0 Å². The Kier molecular flexibility index (Phi) is 4.44. The number of nitrogens with one attached hydrogen (secondary N) is 1. The van der Waals surface area contributed by atoms with Crippen LogP contribution in [-0.4, -0.2) is 6.04 Å². The molecule has 0 amide bonds. The van der Waals surface area contributed by atoms with E-state index >= 15 is 0 Å². The van der Waals surface area contributed by atoms with Crippen LogP contribution in [0, 0.1) is 11.8 Å². The van der Waals surface area contributed by atoms with Crippen LogP contribution in [0.3, 0.4) is 0 Å². The molecule has 1 nitrogen and oxygen atoms in total. The van der Waals surface area contributed by atoms with Crippen LogP contribution in [0.25, 0.3) is 0 Å². The largest absolute Gasteiger partial charge is 0.372 e. The number of anilines is 1. The van der Waals surface area contributed by atoms with E-state index in [0.29, 0.717) is 0 Å². The van der Waals surface area contributed by atoms with Gasteiger partial charge in [0.05, 0.1) is 6.04 Å². The minimum Gasteiger partial charge on any atom is -0.372 e. The monoisotopic (exact) mass is 299 g/mol. The quantitative estimate of drug-likeness (QED) is 0.815. The molecule has 2 aromatic carbocycles. The molecule has 0 saturated heterocycles. The summed E-state index contributed by atoms with van der Waals surface area (Å²) in [7, 11) is 0. The first-order chi connectivity index (χ1) is 8.74. The number of rotatable bonds is 2. The first-order valence-corrected chi connectivity index (χ1v) is 6.62. The summed E-state index contributed by atoms with van der Waals surface area (Å²) < 4.78 is 1.07. The highest BCUT2D eigenvalue weighted by Crippen LogP contribution is 2.10. The molecule has 90 valence electrons. The lowest BCUT2D eigenvalue weighted by molar-refractivity contribution is 1.03. The Bertz CT molecular complexity index is 549. The van der Waals surface area contributed by atoms with Crippen LogP contribution in [0.15, 0.2) is 59.1 Å². The van der Waals surface area contributed by atoms with E-state index in [-0.39, 0.29) is 6.04 Å². The van der Waals surface area contributed by atoms with Crippen LogP contribution in [0.4, 0.5) is 5.69 Å². The Labute approximate surface area is 116 Å². The molecule has 1 atom stereocenters. The molecule has 18 heavy (non-hydrogen) atoms. The highest BCUT2D eigenvalue weighted by atomic mass is 79.9. The summed E-state index contributed by atoms with van der Waals surface area (Å²) in [6.07, 6.45) is 0. The maximum atomic E-state index is 3.41. The molecule has 0 aliphatic heterocycles. The Hall–Kier alpha value is -1.72. The maximum absolute atomic E-state index is 3.41. The van der Waals surface area contributed by atoms with Crippen molar-refractivity contribution in [3.63, 3.8) is 0 Å². The lowest BCUT2D eigenvalue weighted by atomic mass is 10.2. The third-order valence-electron chi connectivity index (χ3n) is 2.43. The topological polar surface area (TPSA) is 12.0 Å². The van der Waals surface area contributed by atoms with Gasteiger partial charge in [0.1, 0.15) is 0 Å². The van der Waals surface area contributed by atoms with E-state index in [9.17, 15) is 0 Å². The van der Waals surface area contributed by atoms with Gasteiger partial charge < -0.3 is 5.32 Å². The summed E-state index contributed by atoms with van der Waals surface area (Å²) >= 11 is 3.41. The summed E-state index contributed by atoms with van der Waals surface area (Å²) in [4.78, 5) is 0. The Morgan fingerprint density at radius 1 is 1.00 bits per heavy atom. The second kappa shape index (κ2) is 6.28. The summed E-state index contributed by atoms with van der Waals surface area (Å²) in [5.41, 5.74) is 2.12. The molecule has 0 aliphatic rings. The molecule has 0 radical (unpaired) electrons. The zero-order valence-corrected chi connectivity index (χ0v) is 11.7. The molecule has 0 aromatic heterocycles. The molecular formula is C16H14BrN. The second-order valence-corrected chi connectivity index (χ2v) is 4.92. The standard InChI is InChI=1S/C16H14BrN/c1-13(18-16-5-3-2-4-6-16)7-8-14-9-11-15(17)12-10-14/h2-6,9-13,18H,1H3/t13-/m1/s1. The van der Waals surface area contributed by atoms with Gasteiger partial charge in [0, 0.05) is 15.7 Å². The fraction of sp³-hybridized carbons (Fsp3) is 0.125. The van der Waals surface area contributed by atoms with Gasteiger partial charge in [0.2, 0.25) is 0 Å². The van der Waals surface area contributed by atoms with Crippen molar-refractivity contribution in [3.05, 3.63) is 64.6 Å². The minimum atomic E-state index is 0.121. The molecule has 0 spiro atoms. The Morgan fingerprint density at radius 3 is 2.33 bits per heavy atom. The summed E-state index contributed by atoms with van der Waals surface area (Å²) in [5.74, 6) is 6.35. The van der Waals surface area contributed by atoms with Crippen molar-refractivity contribution in [2.75, 3.05) is 5.32 Å². The van der Waals surface area contributed by atoms with Gasteiger partial charge in [0.15, 0.2) is 0 Å². The average Bonchev–Trinajstić information content (AvgIpc) is 2.39. The maximum Gasteiger partial charge on any atom is 0.0852 e. The van der Waals surface area contributed by atoms with Crippen molar-refractivity contribution >= 4 is 21.6 Å². The fourth-order valence-corrected chi connectivity index (χ4v) is 1.81. The van der Waals surface area contributed by atoms with Crippen molar-refractivity contribution in [1.29, 1.82) is 0 Å². The molecule has 0 unspecified atom stereocenters. The van der Waals surface area contributed by atoms with Crippen molar-refractivity contribution in [2.24, 2.45) is 0 Å². The highest BCUT2D eigenvalue weighted by Gasteiger charge is 1.95. The van der Waals surface area contributed by atoms with Gasteiger partial charge in [-0.2, -0.15) is 0 Å². The van der Waals surface area contributed by atoms with E-state index in [2.05, 4.69) is 40.0 Å². The van der Waals surface area contributed by atoms with Gasteiger partial charge in [-0.1, -0.05) is 46.0 Å². The fourth-order valence-electron chi connectivity index (χ4n) is 1.55. The van der Waals surface area contributed by atoms with Crippen LogP contribution in [0.5, 0.6) is 0 Å². The Morgan fingerprint density at radius 2 is 1.67 bits per heavy atom. The van der Waals surface area contributed by atoms with E-state index in [1.165, 1.54) is 0 Å². The van der Waals surface area contributed by atoms with Gasteiger partial charge in [-0.25, -0.2) is 0 Å². The molecular weight excluding hydrogens is 286 g/mol. The molecule has 1 N–H and O–H groups in total. The van der Waals surface area contributed by atoms with E-state index in [4.69, 9.17) is 0 Å². The smallest absolute Gasteiger partial charge is 0.0852 e. The molecule has 0 aliphatic carbocycles. The number of hydrogen-bond acceptors (Lipinski definition) is 1. The third-order valence-corrected chi connectivity index (χ3v) is 2.96. The number of halogens is 1. The van der Waals surface area contributed by atoms with Crippen molar-refractivity contribution in [2.45, 2.75) is 13.0 Å². The SMILES string of the molecule is C[C@H](C#Cc1ccc(Br)cc1)Nc1ccccc1. The van der Waals surface area contributed by atoms with Crippen molar-refractivity contribution < 1.29 is 0 Å². The normalized spacial score (nSPS) is 11.2. The molecule has 0 fully saturated rings. The summed E-state index contributed by atoms with van der Waals surface area (Å²) in [5, 5.41) is 3.34. The molecule has 2 rings (SSSR count). The van der Waals surface area contributed by atoms with E-state index < -0.39 is 0 Å². The molecule has 0 heterocycles. The lowest BCUT2D eigenvalue weighted by Gasteiger charge is -2.08.